The molecule has 0 saturated carbocycles. The molecule has 0 aromatic rings. The molecule has 0 bridgehead atoms. The van der Waals surface area contributed by atoms with Gasteiger partial charge in [-0.25, -0.2) is 12.7 Å². The standard InChI is InChI=1S/C12H27N3O2S/c1-4-7-13-8-10-18(16,17)15-9-5-6-12(11-15)14(2)3/h12-13H,4-11H2,1-3H3. The van der Waals surface area contributed by atoms with Crippen molar-refractivity contribution in [3.8, 4) is 0 Å². The summed E-state index contributed by atoms with van der Waals surface area (Å²) in [6.07, 6.45) is 3.09. The first-order valence-electron chi connectivity index (χ1n) is 6.82. The predicted octanol–water partition coefficient (Wildman–Crippen LogP) is 0.342. The van der Waals surface area contributed by atoms with Gasteiger partial charge in [-0.05, 0) is 39.9 Å². The number of sulfonamides is 1. The van der Waals surface area contributed by atoms with Gasteiger partial charge in [0.1, 0.15) is 0 Å². The molecule has 1 aliphatic heterocycles. The Morgan fingerprint density at radius 3 is 2.67 bits per heavy atom. The summed E-state index contributed by atoms with van der Waals surface area (Å²) in [5, 5.41) is 3.15. The van der Waals surface area contributed by atoms with Gasteiger partial charge in [-0.15, -0.1) is 0 Å². The molecular weight excluding hydrogens is 250 g/mol. The van der Waals surface area contributed by atoms with Gasteiger partial charge in [0, 0.05) is 25.7 Å². The smallest absolute Gasteiger partial charge is 0.215 e. The first-order chi connectivity index (χ1) is 8.47. The fraction of sp³-hybridized carbons (Fsp3) is 1.00. The molecule has 0 amide bonds. The first kappa shape index (κ1) is 15.9. The van der Waals surface area contributed by atoms with Crippen LogP contribution in [0.1, 0.15) is 26.2 Å². The summed E-state index contributed by atoms with van der Waals surface area (Å²) in [5.74, 6) is 0.215. The lowest BCUT2D eigenvalue weighted by molar-refractivity contribution is 0.190. The lowest BCUT2D eigenvalue weighted by Gasteiger charge is -2.35. The fourth-order valence-corrected chi connectivity index (χ4v) is 3.69. The summed E-state index contributed by atoms with van der Waals surface area (Å²) < 4.78 is 26.0. The van der Waals surface area contributed by atoms with E-state index in [0.29, 0.717) is 25.7 Å². The van der Waals surface area contributed by atoms with E-state index >= 15 is 0 Å². The minimum absolute atomic E-state index is 0.215. The van der Waals surface area contributed by atoms with E-state index in [-0.39, 0.29) is 5.75 Å². The number of hydrogen-bond donors (Lipinski definition) is 1. The molecule has 5 nitrogen and oxygen atoms in total. The summed E-state index contributed by atoms with van der Waals surface area (Å²) in [6, 6.07) is 0.358. The van der Waals surface area contributed by atoms with Crippen LogP contribution in [0.3, 0.4) is 0 Å². The number of likely N-dealkylation sites (N-methyl/N-ethyl adjacent to an activating group) is 1. The van der Waals surface area contributed by atoms with Crippen LogP contribution in [0, 0.1) is 0 Å². The number of rotatable bonds is 7. The van der Waals surface area contributed by atoms with E-state index in [1.807, 2.05) is 14.1 Å². The maximum atomic E-state index is 12.2. The zero-order valence-electron chi connectivity index (χ0n) is 11.9. The summed E-state index contributed by atoms with van der Waals surface area (Å²) in [6.45, 7) is 4.84. The summed E-state index contributed by atoms with van der Waals surface area (Å²) in [4.78, 5) is 2.12. The van der Waals surface area contributed by atoms with Crippen LogP contribution in [0.4, 0.5) is 0 Å². The van der Waals surface area contributed by atoms with E-state index in [4.69, 9.17) is 0 Å². The highest BCUT2D eigenvalue weighted by atomic mass is 32.2. The Balaban J connectivity index is 2.46. The van der Waals surface area contributed by atoms with Gasteiger partial charge in [-0.2, -0.15) is 0 Å². The molecular formula is C12H27N3O2S. The number of nitrogens with zero attached hydrogens (tertiary/aromatic N) is 2. The lowest BCUT2D eigenvalue weighted by atomic mass is 10.1. The van der Waals surface area contributed by atoms with E-state index in [2.05, 4.69) is 17.1 Å². The molecule has 0 spiro atoms. The Hall–Kier alpha value is -0.170. The normalized spacial score (nSPS) is 22.6. The van der Waals surface area contributed by atoms with Crippen LogP contribution in [0.2, 0.25) is 0 Å². The molecule has 108 valence electrons. The second-order valence-corrected chi connectivity index (χ2v) is 7.27. The molecule has 1 heterocycles. The van der Waals surface area contributed by atoms with Crippen molar-refractivity contribution in [1.82, 2.24) is 14.5 Å². The molecule has 18 heavy (non-hydrogen) atoms. The Morgan fingerprint density at radius 1 is 1.33 bits per heavy atom. The van der Waals surface area contributed by atoms with Crippen molar-refractivity contribution in [3.05, 3.63) is 0 Å². The highest BCUT2D eigenvalue weighted by Crippen LogP contribution is 2.16. The molecule has 1 N–H and O–H groups in total. The van der Waals surface area contributed by atoms with Crippen LogP contribution in [0.25, 0.3) is 0 Å². The van der Waals surface area contributed by atoms with E-state index in [1.54, 1.807) is 4.31 Å². The third-order valence-corrected chi connectivity index (χ3v) is 5.28. The zero-order valence-corrected chi connectivity index (χ0v) is 12.7. The van der Waals surface area contributed by atoms with Gasteiger partial charge in [0.15, 0.2) is 0 Å². The molecule has 0 aromatic heterocycles. The molecule has 1 rings (SSSR count). The summed E-state index contributed by atoms with van der Waals surface area (Å²) in [7, 11) is 0.949. The largest absolute Gasteiger partial charge is 0.316 e. The van der Waals surface area contributed by atoms with Gasteiger partial charge in [0.2, 0.25) is 10.0 Å². The Labute approximate surface area is 112 Å². The molecule has 6 heteroatoms. The van der Waals surface area contributed by atoms with Crippen molar-refractivity contribution in [2.24, 2.45) is 0 Å². The van der Waals surface area contributed by atoms with Crippen LogP contribution in [0.5, 0.6) is 0 Å². The van der Waals surface area contributed by atoms with Crippen molar-refractivity contribution in [1.29, 1.82) is 0 Å². The molecule has 0 aromatic carbocycles. The van der Waals surface area contributed by atoms with Gasteiger partial charge in [0.05, 0.1) is 5.75 Å². The number of hydrogen-bond acceptors (Lipinski definition) is 4. The van der Waals surface area contributed by atoms with Crippen LogP contribution in [-0.4, -0.2) is 69.7 Å². The Kier molecular flexibility index (Phi) is 6.55. The van der Waals surface area contributed by atoms with Crippen LogP contribution < -0.4 is 5.32 Å². The highest BCUT2D eigenvalue weighted by molar-refractivity contribution is 7.89. The van der Waals surface area contributed by atoms with Gasteiger partial charge < -0.3 is 10.2 Å². The molecule has 1 fully saturated rings. The summed E-state index contributed by atoms with van der Waals surface area (Å²) >= 11 is 0. The lowest BCUT2D eigenvalue weighted by Crippen LogP contribution is -2.48. The third kappa shape index (κ3) is 4.84. The SMILES string of the molecule is CCCNCCS(=O)(=O)N1CCCC(N(C)C)C1. The van der Waals surface area contributed by atoms with Crippen LogP contribution in [0.15, 0.2) is 0 Å². The average molecular weight is 277 g/mol. The van der Waals surface area contributed by atoms with E-state index < -0.39 is 10.0 Å². The maximum Gasteiger partial charge on any atom is 0.215 e. The van der Waals surface area contributed by atoms with E-state index in [9.17, 15) is 8.42 Å². The average Bonchev–Trinajstić information content (AvgIpc) is 2.35. The number of piperidine rings is 1. The molecule has 1 atom stereocenters. The molecule has 0 radical (unpaired) electrons. The highest BCUT2D eigenvalue weighted by Gasteiger charge is 2.29. The van der Waals surface area contributed by atoms with Crippen molar-refractivity contribution in [2.45, 2.75) is 32.2 Å². The van der Waals surface area contributed by atoms with E-state index in [1.165, 1.54) is 0 Å². The molecule has 1 aliphatic rings. The van der Waals surface area contributed by atoms with E-state index in [0.717, 1.165) is 25.8 Å². The quantitative estimate of drug-likeness (QED) is 0.682. The monoisotopic (exact) mass is 277 g/mol. The van der Waals surface area contributed by atoms with Crippen molar-refractivity contribution >= 4 is 10.0 Å². The Morgan fingerprint density at radius 2 is 2.06 bits per heavy atom. The molecule has 1 saturated heterocycles. The predicted molar refractivity (Wildman–Crippen MR) is 75.2 cm³/mol. The van der Waals surface area contributed by atoms with Crippen LogP contribution in [-0.2, 0) is 10.0 Å². The van der Waals surface area contributed by atoms with Crippen molar-refractivity contribution in [2.75, 3.05) is 46.0 Å². The van der Waals surface area contributed by atoms with Crippen LogP contribution >= 0.6 is 0 Å². The minimum atomic E-state index is -3.09. The van der Waals surface area contributed by atoms with Gasteiger partial charge >= 0.3 is 0 Å². The van der Waals surface area contributed by atoms with Crippen molar-refractivity contribution < 1.29 is 8.42 Å². The minimum Gasteiger partial charge on any atom is -0.316 e. The second-order valence-electron chi connectivity index (χ2n) is 5.18. The Bertz CT molecular complexity index is 330. The van der Waals surface area contributed by atoms with Gasteiger partial charge in [-0.3, -0.25) is 0 Å². The fourth-order valence-electron chi connectivity index (χ4n) is 2.23. The second kappa shape index (κ2) is 7.43. The number of nitrogens with one attached hydrogen (secondary N) is 1. The third-order valence-electron chi connectivity index (χ3n) is 3.45. The zero-order chi connectivity index (χ0) is 13.6. The summed E-state index contributed by atoms with van der Waals surface area (Å²) in [5.41, 5.74) is 0. The van der Waals surface area contributed by atoms with Gasteiger partial charge in [0.25, 0.3) is 0 Å². The first-order valence-corrected chi connectivity index (χ1v) is 8.43. The molecule has 0 aliphatic carbocycles. The van der Waals surface area contributed by atoms with Gasteiger partial charge in [-0.1, -0.05) is 6.92 Å². The topological polar surface area (TPSA) is 52.7 Å². The van der Waals surface area contributed by atoms with Crippen molar-refractivity contribution in [3.63, 3.8) is 0 Å². The molecule has 1 unspecified atom stereocenters. The maximum absolute atomic E-state index is 12.2.